The lowest BCUT2D eigenvalue weighted by molar-refractivity contribution is 0.341. The topological polar surface area (TPSA) is 63.8 Å². The predicted molar refractivity (Wildman–Crippen MR) is 83.0 cm³/mol. The van der Waals surface area contributed by atoms with E-state index in [9.17, 15) is 4.79 Å². The molecule has 2 aromatic heterocycles. The summed E-state index contributed by atoms with van der Waals surface area (Å²) < 4.78 is 7.26. The van der Waals surface area contributed by atoms with Crippen LogP contribution in [0.4, 0.5) is 0 Å². The first-order valence-corrected chi connectivity index (χ1v) is 7.77. The van der Waals surface area contributed by atoms with E-state index in [0.29, 0.717) is 5.56 Å². The minimum Gasteiger partial charge on any atom is -0.409 e. The molecule has 0 spiro atoms. The van der Waals surface area contributed by atoms with Crippen LogP contribution in [0.1, 0.15) is 49.4 Å². The van der Waals surface area contributed by atoms with Gasteiger partial charge in [-0.2, -0.15) is 0 Å². The SMILES string of the molecule is Cc1cc(C)n(C2CCCCC2)c(=O)c1-c1n[nH]c(=S)o1. The molecule has 0 aliphatic heterocycles. The Kier molecular flexibility index (Phi) is 3.80. The maximum atomic E-state index is 12.9. The second-order valence-electron chi connectivity index (χ2n) is 5.73. The van der Waals surface area contributed by atoms with Gasteiger partial charge in [-0.15, -0.1) is 5.10 Å². The molecule has 1 aliphatic rings. The molecule has 0 atom stereocenters. The van der Waals surface area contributed by atoms with Crippen LogP contribution in [0, 0.1) is 18.7 Å². The van der Waals surface area contributed by atoms with E-state index in [-0.39, 0.29) is 22.3 Å². The minimum absolute atomic E-state index is 0.0235. The van der Waals surface area contributed by atoms with Crippen LogP contribution in [0.25, 0.3) is 11.5 Å². The van der Waals surface area contributed by atoms with Crippen molar-refractivity contribution in [2.75, 3.05) is 0 Å². The summed E-state index contributed by atoms with van der Waals surface area (Å²) in [5.41, 5.74) is 2.36. The molecular formula is C15H19N3O2S. The summed E-state index contributed by atoms with van der Waals surface area (Å²) in [6.45, 7) is 3.90. The highest BCUT2D eigenvalue weighted by Crippen LogP contribution is 2.29. The van der Waals surface area contributed by atoms with Gasteiger partial charge in [0.1, 0.15) is 5.56 Å². The first-order valence-electron chi connectivity index (χ1n) is 7.36. The van der Waals surface area contributed by atoms with Gasteiger partial charge in [-0.25, -0.2) is 5.10 Å². The molecule has 1 N–H and O–H groups in total. The van der Waals surface area contributed by atoms with Gasteiger partial charge in [0.25, 0.3) is 16.3 Å². The Bertz CT molecular complexity index is 766. The Balaban J connectivity index is 2.17. The highest BCUT2D eigenvalue weighted by Gasteiger charge is 2.22. The zero-order valence-corrected chi connectivity index (χ0v) is 13.1. The molecule has 1 aliphatic carbocycles. The fourth-order valence-corrected chi connectivity index (χ4v) is 3.42. The van der Waals surface area contributed by atoms with Crippen LogP contribution in [-0.4, -0.2) is 14.8 Å². The Hall–Kier alpha value is -1.69. The number of nitrogens with one attached hydrogen (secondary N) is 1. The van der Waals surface area contributed by atoms with Crippen LogP contribution < -0.4 is 5.56 Å². The molecule has 3 rings (SSSR count). The third kappa shape index (κ3) is 2.60. The van der Waals surface area contributed by atoms with E-state index in [0.717, 1.165) is 24.1 Å². The summed E-state index contributed by atoms with van der Waals surface area (Å²) in [5, 5.41) is 6.60. The van der Waals surface area contributed by atoms with Crippen molar-refractivity contribution in [3.63, 3.8) is 0 Å². The molecule has 6 heteroatoms. The highest BCUT2D eigenvalue weighted by molar-refractivity contribution is 7.71. The van der Waals surface area contributed by atoms with Crippen LogP contribution in [0.15, 0.2) is 15.3 Å². The maximum Gasteiger partial charge on any atom is 0.284 e. The van der Waals surface area contributed by atoms with Crippen molar-refractivity contribution in [1.29, 1.82) is 0 Å². The second-order valence-corrected chi connectivity index (χ2v) is 6.10. The average molecular weight is 305 g/mol. The molecule has 0 radical (unpaired) electrons. The standard InChI is InChI=1S/C15H19N3O2S/c1-9-8-10(2)18(11-6-4-3-5-7-11)14(19)12(9)13-16-17-15(21)20-13/h8,11H,3-7H2,1-2H3,(H,17,21). The van der Waals surface area contributed by atoms with E-state index in [1.807, 2.05) is 24.5 Å². The van der Waals surface area contributed by atoms with E-state index in [1.165, 1.54) is 19.3 Å². The molecule has 1 fully saturated rings. The van der Waals surface area contributed by atoms with Gasteiger partial charge >= 0.3 is 0 Å². The summed E-state index contributed by atoms with van der Waals surface area (Å²) in [4.78, 5) is 13.1. The fraction of sp³-hybridized carbons (Fsp3) is 0.533. The molecule has 0 saturated heterocycles. The average Bonchev–Trinajstić information content (AvgIpc) is 2.85. The predicted octanol–water partition coefficient (Wildman–Crippen LogP) is 3.68. The van der Waals surface area contributed by atoms with E-state index >= 15 is 0 Å². The van der Waals surface area contributed by atoms with Gasteiger partial charge in [-0.1, -0.05) is 19.3 Å². The number of nitrogens with zero attached hydrogens (tertiary/aromatic N) is 2. The maximum absolute atomic E-state index is 12.9. The van der Waals surface area contributed by atoms with Gasteiger partial charge in [0.05, 0.1) is 0 Å². The van der Waals surface area contributed by atoms with Gasteiger partial charge in [0.2, 0.25) is 0 Å². The quantitative estimate of drug-likeness (QED) is 0.860. The molecule has 0 unspecified atom stereocenters. The van der Waals surface area contributed by atoms with Gasteiger partial charge < -0.3 is 8.98 Å². The summed E-state index contributed by atoms with van der Waals surface area (Å²) in [5.74, 6) is 0.284. The van der Waals surface area contributed by atoms with Crippen molar-refractivity contribution >= 4 is 12.2 Å². The van der Waals surface area contributed by atoms with Gasteiger partial charge in [-0.3, -0.25) is 4.79 Å². The lowest BCUT2D eigenvalue weighted by atomic mass is 9.94. The van der Waals surface area contributed by atoms with Gasteiger partial charge in [0.15, 0.2) is 0 Å². The highest BCUT2D eigenvalue weighted by atomic mass is 32.1. The number of hydrogen-bond acceptors (Lipinski definition) is 4. The molecule has 0 amide bonds. The van der Waals surface area contributed by atoms with Crippen LogP contribution in [0.5, 0.6) is 0 Å². The number of rotatable bonds is 2. The normalized spacial score (nSPS) is 16.3. The molecule has 2 aromatic rings. The lowest BCUT2D eigenvalue weighted by Gasteiger charge is -2.26. The van der Waals surface area contributed by atoms with Gasteiger partial charge in [0, 0.05) is 11.7 Å². The van der Waals surface area contributed by atoms with Crippen molar-refractivity contribution < 1.29 is 4.42 Å². The zero-order chi connectivity index (χ0) is 15.0. The molecule has 112 valence electrons. The Morgan fingerprint density at radius 2 is 2.05 bits per heavy atom. The van der Waals surface area contributed by atoms with Gasteiger partial charge in [-0.05, 0) is 50.5 Å². The van der Waals surface area contributed by atoms with E-state index in [2.05, 4.69) is 10.2 Å². The fourth-order valence-electron chi connectivity index (χ4n) is 3.29. The van der Waals surface area contributed by atoms with Crippen molar-refractivity contribution in [2.45, 2.75) is 52.0 Å². The zero-order valence-electron chi connectivity index (χ0n) is 12.3. The molecule has 0 bridgehead atoms. The monoisotopic (exact) mass is 305 g/mol. The largest absolute Gasteiger partial charge is 0.409 e. The van der Waals surface area contributed by atoms with Crippen molar-refractivity contribution in [3.8, 4) is 11.5 Å². The summed E-state index contributed by atoms with van der Waals surface area (Å²) in [6, 6.07) is 2.31. The summed E-state index contributed by atoms with van der Waals surface area (Å²) >= 11 is 4.91. The molecule has 5 nitrogen and oxygen atoms in total. The molecule has 2 heterocycles. The van der Waals surface area contributed by atoms with Crippen LogP contribution >= 0.6 is 12.2 Å². The first-order chi connectivity index (χ1) is 10.1. The molecule has 21 heavy (non-hydrogen) atoms. The van der Waals surface area contributed by atoms with E-state index < -0.39 is 0 Å². The number of H-pyrrole nitrogens is 1. The van der Waals surface area contributed by atoms with Crippen molar-refractivity contribution in [1.82, 2.24) is 14.8 Å². The number of aryl methyl sites for hydroxylation is 2. The van der Waals surface area contributed by atoms with Crippen LogP contribution in [0.2, 0.25) is 0 Å². The molecule has 0 aromatic carbocycles. The number of aromatic amines is 1. The lowest BCUT2D eigenvalue weighted by Crippen LogP contribution is -2.30. The first kappa shape index (κ1) is 14.3. The molecular weight excluding hydrogens is 286 g/mol. The third-order valence-corrected chi connectivity index (χ3v) is 4.40. The third-order valence-electron chi connectivity index (χ3n) is 4.22. The summed E-state index contributed by atoms with van der Waals surface area (Å²) in [6.07, 6.45) is 5.75. The number of aromatic nitrogens is 3. The van der Waals surface area contributed by atoms with Crippen molar-refractivity contribution in [2.24, 2.45) is 0 Å². The number of pyridine rings is 1. The minimum atomic E-state index is -0.0235. The second kappa shape index (κ2) is 5.60. The van der Waals surface area contributed by atoms with Crippen molar-refractivity contribution in [3.05, 3.63) is 32.5 Å². The Labute approximate surface area is 128 Å². The van der Waals surface area contributed by atoms with Crippen LogP contribution in [-0.2, 0) is 0 Å². The Morgan fingerprint density at radius 3 is 2.67 bits per heavy atom. The van der Waals surface area contributed by atoms with E-state index in [4.69, 9.17) is 16.6 Å². The number of hydrogen-bond donors (Lipinski definition) is 1. The van der Waals surface area contributed by atoms with Crippen LogP contribution in [0.3, 0.4) is 0 Å². The van der Waals surface area contributed by atoms with E-state index in [1.54, 1.807) is 0 Å². The Morgan fingerprint density at radius 1 is 1.33 bits per heavy atom. The summed E-state index contributed by atoms with van der Waals surface area (Å²) in [7, 11) is 0. The molecule has 1 saturated carbocycles. The smallest absolute Gasteiger partial charge is 0.284 e.